The highest BCUT2D eigenvalue weighted by atomic mass is 16.4. The maximum Gasteiger partial charge on any atom is 0.304 e. The summed E-state index contributed by atoms with van der Waals surface area (Å²) in [5, 5.41) is 17.0. The van der Waals surface area contributed by atoms with Gasteiger partial charge in [0, 0.05) is 55.3 Å². The Kier molecular flexibility index (Phi) is 6.17. The van der Waals surface area contributed by atoms with Gasteiger partial charge in [-0.05, 0) is 36.1 Å². The molecule has 0 fully saturated rings. The van der Waals surface area contributed by atoms with Gasteiger partial charge in [0.25, 0.3) is 0 Å². The van der Waals surface area contributed by atoms with E-state index in [1.54, 1.807) is 23.3 Å². The van der Waals surface area contributed by atoms with Crippen molar-refractivity contribution in [2.75, 3.05) is 11.9 Å². The SMILES string of the molecule is O=C(O)CC(Cn1cc(/C=C\Cc2ccc3c(n2)NCCC3)cn1)c1cccnc1. The maximum absolute atomic E-state index is 11.3. The van der Waals surface area contributed by atoms with E-state index < -0.39 is 5.97 Å². The highest BCUT2D eigenvalue weighted by Crippen LogP contribution is 2.22. The molecule has 1 aliphatic heterocycles. The smallest absolute Gasteiger partial charge is 0.304 e. The largest absolute Gasteiger partial charge is 0.481 e. The molecule has 0 saturated carbocycles. The lowest BCUT2D eigenvalue weighted by molar-refractivity contribution is -0.137. The molecule has 0 amide bonds. The van der Waals surface area contributed by atoms with E-state index in [2.05, 4.69) is 33.6 Å². The van der Waals surface area contributed by atoms with Crippen LogP contribution in [0.3, 0.4) is 0 Å². The number of carboxylic acid groups (broad SMARTS) is 1. The van der Waals surface area contributed by atoms with Crippen molar-refractivity contribution >= 4 is 17.9 Å². The summed E-state index contributed by atoms with van der Waals surface area (Å²) in [5.74, 6) is 0.00290. The van der Waals surface area contributed by atoms with E-state index in [1.165, 1.54) is 5.56 Å². The predicted molar refractivity (Wildman–Crippen MR) is 115 cm³/mol. The zero-order valence-corrected chi connectivity index (χ0v) is 16.7. The first-order valence-corrected chi connectivity index (χ1v) is 10.2. The summed E-state index contributed by atoms with van der Waals surface area (Å²) in [6.07, 6.45) is 14.3. The van der Waals surface area contributed by atoms with Gasteiger partial charge in [0.1, 0.15) is 5.82 Å². The third kappa shape index (κ3) is 5.11. The van der Waals surface area contributed by atoms with Crippen molar-refractivity contribution in [2.45, 2.75) is 38.1 Å². The molecule has 0 bridgehead atoms. The van der Waals surface area contributed by atoms with Crippen LogP contribution in [0, 0.1) is 0 Å². The maximum atomic E-state index is 11.3. The average molecular weight is 403 g/mol. The Bertz CT molecular complexity index is 1030. The quantitative estimate of drug-likeness (QED) is 0.598. The molecule has 1 unspecified atom stereocenters. The average Bonchev–Trinajstić information content (AvgIpc) is 3.21. The number of aromatic nitrogens is 4. The number of rotatable bonds is 8. The van der Waals surface area contributed by atoms with E-state index in [0.717, 1.165) is 48.4 Å². The van der Waals surface area contributed by atoms with Gasteiger partial charge in [-0.25, -0.2) is 4.98 Å². The normalized spacial score (nSPS) is 14.3. The van der Waals surface area contributed by atoms with Crippen LogP contribution < -0.4 is 5.32 Å². The molecular formula is C23H25N5O2. The molecule has 3 aromatic heterocycles. The lowest BCUT2D eigenvalue weighted by Crippen LogP contribution is -2.14. The van der Waals surface area contributed by atoms with E-state index in [9.17, 15) is 9.90 Å². The fraction of sp³-hybridized carbons (Fsp3) is 0.304. The molecule has 1 aliphatic rings. The molecule has 30 heavy (non-hydrogen) atoms. The highest BCUT2D eigenvalue weighted by Gasteiger charge is 2.17. The van der Waals surface area contributed by atoms with Gasteiger partial charge in [-0.15, -0.1) is 0 Å². The number of anilines is 1. The first kappa shape index (κ1) is 19.8. The molecule has 7 nitrogen and oxygen atoms in total. The van der Waals surface area contributed by atoms with E-state index >= 15 is 0 Å². The minimum absolute atomic E-state index is 0.0365. The molecule has 4 rings (SSSR count). The zero-order chi connectivity index (χ0) is 20.8. The molecule has 2 N–H and O–H groups in total. The van der Waals surface area contributed by atoms with Gasteiger partial charge in [0.2, 0.25) is 0 Å². The summed E-state index contributed by atoms with van der Waals surface area (Å²) in [6, 6.07) is 7.98. The molecule has 0 radical (unpaired) electrons. The molecule has 7 heteroatoms. The molecule has 0 aliphatic carbocycles. The summed E-state index contributed by atoms with van der Waals surface area (Å²) in [6.45, 7) is 1.48. The number of hydrogen-bond acceptors (Lipinski definition) is 5. The van der Waals surface area contributed by atoms with Crippen LogP contribution in [-0.2, 0) is 24.2 Å². The van der Waals surface area contributed by atoms with Crippen LogP contribution in [0.4, 0.5) is 5.82 Å². The van der Waals surface area contributed by atoms with Crippen LogP contribution in [0.25, 0.3) is 6.08 Å². The summed E-state index contributed by atoms with van der Waals surface area (Å²) in [4.78, 5) is 20.1. The molecule has 154 valence electrons. The summed E-state index contributed by atoms with van der Waals surface area (Å²) < 4.78 is 1.79. The Hall–Kier alpha value is -3.48. The number of pyridine rings is 2. The standard InChI is InChI=1S/C23H25N5O2/c29-22(30)12-20(19-6-2-10-24-14-19)16-28-15-17(13-26-28)4-1-7-21-9-8-18-5-3-11-25-23(18)27-21/h1-2,4,6,8-10,13-15,20H,3,5,7,11-12,16H2,(H,25,27)(H,29,30)/b4-1-. The van der Waals surface area contributed by atoms with E-state index in [-0.39, 0.29) is 12.3 Å². The van der Waals surface area contributed by atoms with Crippen molar-refractivity contribution < 1.29 is 9.90 Å². The third-order valence-corrected chi connectivity index (χ3v) is 5.23. The first-order valence-electron chi connectivity index (χ1n) is 10.2. The number of nitrogens with zero attached hydrogens (tertiary/aromatic N) is 4. The van der Waals surface area contributed by atoms with Gasteiger partial charge in [-0.1, -0.05) is 24.3 Å². The fourth-order valence-electron chi connectivity index (χ4n) is 3.71. The van der Waals surface area contributed by atoms with Gasteiger partial charge in [-0.3, -0.25) is 14.5 Å². The minimum atomic E-state index is -0.830. The lowest BCUT2D eigenvalue weighted by Gasteiger charge is -2.17. The van der Waals surface area contributed by atoms with Crippen molar-refractivity contribution in [1.29, 1.82) is 0 Å². The Morgan fingerprint density at radius 1 is 1.30 bits per heavy atom. The van der Waals surface area contributed by atoms with Crippen LogP contribution in [-0.4, -0.2) is 37.4 Å². The highest BCUT2D eigenvalue weighted by molar-refractivity contribution is 5.68. The van der Waals surface area contributed by atoms with Crippen LogP contribution in [0.1, 0.15) is 41.1 Å². The van der Waals surface area contributed by atoms with Crippen LogP contribution in [0.2, 0.25) is 0 Å². The number of fused-ring (bicyclic) bond motifs is 1. The lowest BCUT2D eigenvalue weighted by atomic mass is 9.97. The van der Waals surface area contributed by atoms with E-state index in [0.29, 0.717) is 6.54 Å². The molecule has 0 saturated heterocycles. The molecule has 0 spiro atoms. The Labute approximate surface area is 175 Å². The van der Waals surface area contributed by atoms with Gasteiger partial charge in [0.05, 0.1) is 12.6 Å². The number of aryl methyl sites for hydroxylation is 1. The molecule has 3 aromatic rings. The summed E-state index contributed by atoms with van der Waals surface area (Å²) in [5.41, 5.74) is 4.20. The molecule has 1 atom stereocenters. The number of carbonyl (C=O) groups is 1. The van der Waals surface area contributed by atoms with Crippen LogP contribution >= 0.6 is 0 Å². The second-order valence-electron chi connectivity index (χ2n) is 7.52. The molecular weight excluding hydrogens is 378 g/mol. The van der Waals surface area contributed by atoms with Gasteiger partial charge < -0.3 is 10.4 Å². The summed E-state index contributed by atoms with van der Waals surface area (Å²) >= 11 is 0. The topological polar surface area (TPSA) is 92.9 Å². The number of carboxylic acids is 1. The van der Waals surface area contributed by atoms with E-state index in [1.807, 2.05) is 24.4 Å². The second kappa shape index (κ2) is 9.35. The van der Waals surface area contributed by atoms with Crippen molar-refractivity contribution in [1.82, 2.24) is 19.7 Å². The number of nitrogens with one attached hydrogen (secondary N) is 1. The van der Waals surface area contributed by atoms with Crippen molar-refractivity contribution in [3.8, 4) is 0 Å². The monoisotopic (exact) mass is 403 g/mol. The first-order chi connectivity index (χ1) is 14.7. The van der Waals surface area contributed by atoms with Gasteiger partial charge in [0.15, 0.2) is 0 Å². The Balaban J connectivity index is 1.39. The van der Waals surface area contributed by atoms with Crippen molar-refractivity contribution in [3.05, 3.63) is 77.5 Å². The second-order valence-corrected chi connectivity index (χ2v) is 7.52. The number of aliphatic carboxylic acids is 1. The van der Waals surface area contributed by atoms with Crippen molar-refractivity contribution in [2.24, 2.45) is 0 Å². The van der Waals surface area contributed by atoms with Gasteiger partial charge >= 0.3 is 5.97 Å². The van der Waals surface area contributed by atoms with Crippen LogP contribution in [0.5, 0.6) is 0 Å². The van der Waals surface area contributed by atoms with Crippen LogP contribution in [0.15, 0.2) is 55.1 Å². The fourth-order valence-corrected chi connectivity index (χ4v) is 3.71. The predicted octanol–water partition coefficient (Wildman–Crippen LogP) is 3.55. The van der Waals surface area contributed by atoms with Gasteiger partial charge in [-0.2, -0.15) is 5.10 Å². The molecule has 4 heterocycles. The molecule has 0 aromatic carbocycles. The van der Waals surface area contributed by atoms with Crippen molar-refractivity contribution in [3.63, 3.8) is 0 Å². The minimum Gasteiger partial charge on any atom is -0.481 e. The Morgan fingerprint density at radius 3 is 3.07 bits per heavy atom. The zero-order valence-electron chi connectivity index (χ0n) is 16.7. The number of allylic oxidation sites excluding steroid dienone is 1. The summed E-state index contributed by atoms with van der Waals surface area (Å²) in [7, 11) is 0. The third-order valence-electron chi connectivity index (χ3n) is 5.23. The van der Waals surface area contributed by atoms with E-state index in [4.69, 9.17) is 4.98 Å². The number of hydrogen-bond donors (Lipinski definition) is 2. The Morgan fingerprint density at radius 2 is 2.23 bits per heavy atom.